The van der Waals surface area contributed by atoms with Crippen LogP contribution in [0.4, 0.5) is 0 Å². The summed E-state index contributed by atoms with van der Waals surface area (Å²) in [7, 11) is 0. The molecule has 1 aromatic heterocycles. The number of carbonyl (C=O) groups is 2. The third-order valence-electron chi connectivity index (χ3n) is 4.94. The summed E-state index contributed by atoms with van der Waals surface area (Å²) in [6.07, 6.45) is 1.34. The molecule has 2 aromatic carbocycles. The number of hydrogen-bond donors (Lipinski definition) is 2. The second-order valence-electron chi connectivity index (χ2n) is 7.07. The summed E-state index contributed by atoms with van der Waals surface area (Å²) in [5.41, 5.74) is 4.64. The molecule has 32 heavy (non-hydrogen) atoms. The molecule has 3 rings (SSSR count). The van der Waals surface area contributed by atoms with Crippen LogP contribution in [-0.4, -0.2) is 33.0 Å². The number of carbonyl (C=O) groups excluding carboxylic acids is 1. The van der Waals surface area contributed by atoms with Crippen molar-refractivity contribution in [1.82, 2.24) is 15.2 Å². The van der Waals surface area contributed by atoms with Crippen molar-refractivity contribution in [2.24, 2.45) is 5.10 Å². The summed E-state index contributed by atoms with van der Waals surface area (Å²) in [6, 6.07) is 13.0. The number of nitrogens with one attached hydrogen (secondary N) is 1. The number of rotatable bonds is 5. The minimum atomic E-state index is -1.05. The van der Waals surface area contributed by atoms with Gasteiger partial charge in [-0.2, -0.15) is 20.1 Å². The van der Waals surface area contributed by atoms with Gasteiger partial charge in [0.05, 0.1) is 17.5 Å². The van der Waals surface area contributed by atoms with E-state index in [4.69, 9.17) is 5.11 Å². The minimum Gasteiger partial charge on any atom is -0.478 e. The van der Waals surface area contributed by atoms with Crippen LogP contribution in [0.25, 0.3) is 5.69 Å². The Kier molecular flexibility index (Phi) is 6.26. The highest BCUT2D eigenvalue weighted by Crippen LogP contribution is 2.14. The molecule has 2 N–H and O–H groups in total. The Hall–Kier alpha value is -4.58. The van der Waals surface area contributed by atoms with E-state index in [2.05, 4.69) is 15.6 Å². The molecule has 0 saturated heterocycles. The van der Waals surface area contributed by atoms with Crippen LogP contribution in [0.2, 0.25) is 0 Å². The van der Waals surface area contributed by atoms with Crippen molar-refractivity contribution in [3.63, 3.8) is 0 Å². The monoisotopic (exact) mass is 429 g/mol. The normalized spacial score (nSPS) is 10.7. The molecular formula is C23H19N5O4. The molecule has 0 saturated carbocycles. The molecule has 3 aromatic rings. The second kappa shape index (κ2) is 9.06. The first-order chi connectivity index (χ1) is 15.2. The van der Waals surface area contributed by atoms with Crippen LogP contribution in [0.15, 0.2) is 52.4 Å². The van der Waals surface area contributed by atoms with Gasteiger partial charge in [-0.3, -0.25) is 9.59 Å². The third kappa shape index (κ3) is 4.44. The quantitative estimate of drug-likeness (QED) is 0.472. The summed E-state index contributed by atoms with van der Waals surface area (Å²) in [5, 5.41) is 26.4. The van der Waals surface area contributed by atoms with Gasteiger partial charge in [0.2, 0.25) is 0 Å². The maximum absolute atomic E-state index is 12.7. The summed E-state index contributed by atoms with van der Waals surface area (Å²) in [5.74, 6) is -1.74. The van der Waals surface area contributed by atoms with Gasteiger partial charge in [-0.05, 0) is 61.7 Å². The van der Waals surface area contributed by atoms with E-state index in [-0.39, 0.29) is 22.4 Å². The van der Waals surface area contributed by atoms with Crippen LogP contribution in [0.5, 0.6) is 0 Å². The lowest BCUT2D eigenvalue weighted by Crippen LogP contribution is -2.31. The van der Waals surface area contributed by atoms with Crippen molar-refractivity contribution >= 4 is 18.1 Å². The van der Waals surface area contributed by atoms with Crippen molar-refractivity contribution in [3.8, 4) is 11.8 Å². The van der Waals surface area contributed by atoms with E-state index in [0.717, 1.165) is 15.8 Å². The van der Waals surface area contributed by atoms with E-state index < -0.39 is 17.4 Å². The van der Waals surface area contributed by atoms with Crippen molar-refractivity contribution < 1.29 is 14.7 Å². The van der Waals surface area contributed by atoms with E-state index in [1.807, 2.05) is 26.0 Å². The molecule has 0 fully saturated rings. The average molecular weight is 429 g/mol. The fourth-order valence-corrected chi connectivity index (χ4v) is 2.91. The number of nitriles is 1. The zero-order valence-electron chi connectivity index (χ0n) is 17.6. The Morgan fingerprint density at radius 3 is 2.41 bits per heavy atom. The number of carboxylic acid groups (broad SMARTS) is 1. The Balaban J connectivity index is 1.93. The van der Waals surface area contributed by atoms with Crippen LogP contribution in [0.3, 0.4) is 0 Å². The molecule has 0 radical (unpaired) electrons. The lowest BCUT2D eigenvalue weighted by molar-refractivity contribution is 0.0696. The summed E-state index contributed by atoms with van der Waals surface area (Å²) < 4.78 is 1.03. The van der Waals surface area contributed by atoms with Gasteiger partial charge in [-0.1, -0.05) is 18.2 Å². The van der Waals surface area contributed by atoms with Crippen LogP contribution in [0, 0.1) is 32.1 Å². The first-order valence-corrected chi connectivity index (χ1v) is 9.51. The minimum absolute atomic E-state index is 0.113. The van der Waals surface area contributed by atoms with Gasteiger partial charge in [0.25, 0.3) is 11.5 Å². The SMILES string of the molecule is Cc1ccc(-n2nc(C(=O)N/N=C/c3ccc(C(=O)O)cc3)c(C)c(C#N)c2=O)cc1C. The molecule has 9 nitrogen and oxygen atoms in total. The van der Waals surface area contributed by atoms with Crippen LogP contribution < -0.4 is 11.0 Å². The van der Waals surface area contributed by atoms with Gasteiger partial charge in [0, 0.05) is 5.56 Å². The van der Waals surface area contributed by atoms with Gasteiger partial charge in [-0.15, -0.1) is 0 Å². The molecule has 160 valence electrons. The molecule has 0 spiro atoms. The summed E-state index contributed by atoms with van der Waals surface area (Å²) in [6.45, 7) is 5.28. The van der Waals surface area contributed by atoms with Gasteiger partial charge < -0.3 is 5.11 Å². The average Bonchev–Trinajstić information content (AvgIpc) is 2.76. The first kappa shape index (κ1) is 22.1. The van der Waals surface area contributed by atoms with Crippen molar-refractivity contribution in [2.75, 3.05) is 0 Å². The number of aromatic nitrogens is 2. The van der Waals surface area contributed by atoms with Crippen LogP contribution in [0.1, 0.15) is 48.7 Å². The van der Waals surface area contributed by atoms with Crippen molar-refractivity contribution in [1.29, 1.82) is 5.26 Å². The Morgan fingerprint density at radius 1 is 1.12 bits per heavy atom. The highest BCUT2D eigenvalue weighted by Gasteiger charge is 2.20. The molecular weight excluding hydrogens is 410 g/mol. The van der Waals surface area contributed by atoms with E-state index in [9.17, 15) is 19.6 Å². The van der Waals surface area contributed by atoms with E-state index >= 15 is 0 Å². The fraction of sp³-hybridized carbons (Fsp3) is 0.130. The standard InChI is InChI=1S/C23H19N5O4/c1-13-4-9-18(10-14(13)2)28-22(30)19(11-24)15(3)20(27-28)21(29)26-25-12-16-5-7-17(8-6-16)23(31)32/h4-10,12H,1-3H3,(H,26,29)(H,31,32)/b25-12+. The smallest absolute Gasteiger partial charge is 0.335 e. The molecule has 0 aliphatic heterocycles. The summed E-state index contributed by atoms with van der Waals surface area (Å²) >= 11 is 0. The second-order valence-corrected chi connectivity index (χ2v) is 7.07. The van der Waals surface area contributed by atoms with E-state index in [1.54, 1.807) is 12.1 Å². The molecule has 9 heteroatoms. The zero-order chi connectivity index (χ0) is 23.4. The molecule has 0 unspecified atom stereocenters. The van der Waals surface area contributed by atoms with Gasteiger partial charge in [0.1, 0.15) is 11.6 Å². The molecule has 1 heterocycles. The predicted octanol–water partition coefficient (Wildman–Crippen LogP) is 2.49. The van der Waals surface area contributed by atoms with Gasteiger partial charge >= 0.3 is 5.97 Å². The number of hydrazone groups is 1. The number of carboxylic acids is 1. The fourth-order valence-electron chi connectivity index (χ4n) is 2.91. The van der Waals surface area contributed by atoms with Crippen LogP contribution in [-0.2, 0) is 0 Å². The highest BCUT2D eigenvalue weighted by molar-refractivity contribution is 5.95. The molecule has 1 amide bonds. The third-order valence-corrected chi connectivity index (χ3v) is 4.94. The Morgan fingerprint density at radius 2 is 1.81 bits per heavy atom. The van der Waals surface area contributed by atoms with Crippen molar-refractivity contribution in [2.45, 2.75) is 20.8 Å². The zero-order valence-corrected chi connectivity index (χ0v) is 17.6. The Bertz CT molecular complexity index is 1350. The number of hydrogen-bond acceptors (Lipinski definition) is 6. The number of amides is 1. The highest BCUT2D eigenvalue weighted by atomic mass is 16.4. The first-order valence-electron chi connectivity index (χ1n) is 9.51. The topological polar surface area (TPSA) is 137 Å². The molecule has 0 aliphatic carbocycles. The number of nitrogens with zero attached hydrogens (tertiary/aromatic N) is 4. The number of aromatic carboxylic acids is 1. The number of aryl methyl sites for hydroxylation is 2. The largest absolute Gasteiger partial charge is 0.478 e. The lowest BCUT2D eigenvalue weighted by Gasteiger charge is -2.11. The maximum atomic E-state index is 12.7. The van der Waals surface area contributed by atoms with Gasteiger partial charge in [0.15, 0.2) is 5.69 Å². The van der Waals surface area contributed by atoms with Crippen LogP contribution >= 0.6 is 0 Å². The molecule has 0 bridgehead atoms. The summed E-state index contributed by atoms with van der Waals surface area (Å²) in [4.78, 5) is 36.3. The Labute approximate surface area is 183 Å². The predicted molar refractivity (Wildman–Crippen MR) is 117 cm³/mol. The molecule has 0 aliphatic rings. The maximum Gasteiger partial charge on any atom is 0.335 e. The van der Waals surface area contributed by atoms with Gasteiger partial charge in [-0.25, -0.2) is 10.2 Å². The lowest BCUT2D eigenvalue weighted by atomic mass is 10.1. The van der Waals surface area contributed by atoms with E-state index in [0.29, 0.717) is 11.3 Å². The van der Waals surface area contributed by atoms with E-state index in [1.165, 1.54) is 37.4 Å². The van der Waals surface area contributed by atoms with Crippen molar-refractivity contribution in [3.05, 3.63) is 91.9 Å². The molecule has 0 atom stereocenters. The number of benzene rings is 2.